The topological polar surface area (TPSA) is 75.7 Å². The van der Waals surface area contributed by atoms with Gasteiger partial charge in [-0.15, -0.1) is 0 Å². The number of benzene rings is 1. The molecule has 24 heavy (non-hydrogen) atoms. The highest BCUT2D eigenvalue weighted by Gasteiger charge is 2.39. The Hall–Kier alpha value is -1.44. The number of rotatable bonds is 5. The maximum Gasteiger partial charge on any atom is 0.243 e. The second kappa shape index (κ2) is 7.21. The third-order valence-corrected chi connectivity index (χ3v) is 6.58. The normalized spacial score (nSPS) is 25.0. The number of aryl methyl sites for hydroxylation is 1. The standard InChI is InChI=1S/C17H24N2O4S/c1-13-6-8-15(9-7-13)24(21,22)19-10-2-5-16(19)17(20)18-12-14-4-3-11-23-14/h6-9,14,16H,2-5,10-12H2,1H3,(H,18,20)/t14-,16-/m1/s1. The number of hydrogen-bond acceptors (Lipinski definition) is 4. The molecule has 0 unspecified atom stereocenters. The molecule has 0 aromatic heterocycles. The Kier molecular flexibility index (Phi) is 5.22. The van der Waals surface area contributed by atoms with Crippen LogP contribution in [0.2, 0.25) is 0 Å². The number of carbonyl (C=O) groups excluding carboxylic acids is 1. The molecule has 2 aliphatic heterocycles. The molecule has 1 N–H and O–H groups in total. The Morgan fingerprint density at radius 2 is 2.00 bits per heavy atom. The maximum atomic E-state index is 12.8. The van der Waals surface area contributed by atoms with Crippen LogP contribution in [0.3, 0.4) is 0 Å². The van der Waals surface area contributed by atoms with Gasteiger partial charge in [-0.2, -0.15) is 4.31 Å². The molecule has 6 nitrogen and oxygen atoms in total. The van der Waals surface area contributed by atoms with Crippen LogP contribution >= 0.6 is 0 Å². The molecule has 1 amide bonds. The first kappa shape index (κ1) is 17.4. The van der Waals surface area contributed by atoms with Gasteiger partial charge in [0.2, 0.25) is 15.9 Å². The highest BCUT2D eigenvalue weighted by molar-refractivity contribution is 7.89. The zero-order valence-electron chi connectivity index (χ0n) is 13.9. The zero-order valence-corrected chi connectivity index (χ0v) is 14.7. The van der Waals surface area contributed by atoms with E-state index in [-0.39, 0.29) is 16.9 Å². The molecule has 3 rings (SSSR count). The van der Waals surface area contributed by atoms with Crippen molar-refractivity contribution in [3.8, 4) is 0 Å². The summed E-state index contributed by atoms with van der Waals surface area (Å²) in [6.45, 7) is 3.48. The summed E-state index contributed by atoms with van der Waals surface area (Å²) < 4.78 is 32.5. The van der Waals surface area contributed by atoms with Crippen molar-refractivity contribution in [2.24, 2.45) is 0 Å². The summed E-state index contributed by atoms with van der Waals surface area (Å²) in [7, 11) is -3.65. The summed E-state index contributed by atoms with van der Waals surface area (Å²) in [6, 6.07) is 6.12. The van der Waals surface area contributed by atoms with Crippen molar-refractivity contribution in [2.45, 2.75) is 49.6 Å². The monoisotopic (exact) mass is 352 g/mol. The van der Waals surface area contributed by atoms with Crippen molar-refractivity contribution in [1.82, 2.24) is 9.62 Å². The van der Waals surface area contributed by atoms with Crippen LogP contribution in [0, 0.1) is 6.92 Å². The average molecular weight is 352 g/mol. The molecule has 2 atom stereocenters. The molecule has 0 bridgehead atoms. The van der Waals surface area contributed by atoms with Gasteiger partial charge >= 0.3 is 0 Å². The first-order valence-corrected chi connectivity index (χ1v) is 9.90. The van der Waals surface area contributed by atoms with E-state index < -0.39 is 16.1 Å². The second-order valence-electron chi connectivity index (χ2n) is 6.47. The van der Waals surface area contributed by atoms with Gasteiger partial charge in [-0.05, 0) is 44.7 Å². The molecule has 2 saturated heterocycles. The molecular formula is C17H24N2O4S. The lowest BCUT2D eigenvalue weighted by atomic mass is 10.2. The van der Waals surface area contributed by atoms with E-state index in [0.29, 0.717) is 25.9 Å². The number of ether oxygens (including phenoxy) is 1. The quantitative estimate of drug-likeness (QED) is 0.870. The number of carbonyl (C=O) groups is 1. The Balaban J connectivity index is 1.69. The number of nitrogens with one attached hydrogen (secondary N) is 1. The number of hydrogen-bond donors (Lipinski definition) is 1. The minimum Gasteiger partial charge on any atom is -0.376 e. The Morgan fingerprint density at radius 3 is 2.67 bits per heavy atom. The number of sulfonamides is 1. The molecular weight excluding hydrogens is 328 g/mol. The minimum absolute atomic E-state index is 0.0532. The fourth-order valence-corrected chi connectivity index (χ4v) is 4.93. The number of nitrogens with zero attached hydrogens (tertiary/aromatic N) is 1. The Bertz CT molecular complexity index is 681. The smallest absolute Gasteiger partial charge is 0.243 e. The summed E-state index contributed by atoms with van der Waals surface area (Å²) in [5.41, 5.74) is 1.00. The summed E-state index contributed by atoms with van der Waals surface area (Å²) in [6.07, 6.45) is 3.26. The SMILES string of the molecule is Cc1ccc(S(=O)(=O)N2CCC[C@@H]2C(=O)NC[C@H]2CCCO2)cc1. The van der Waals surface area contributed by atoms with Gasteiger partial charge in [0.1, 0.15) is 6.04 Å². The molecule has 2 fully saturated rings. The molecule has 7 heteroatoms. The molecule has 2 aliphatic rings. The van der Waals surface area contributed by atoms with Crippen LogP contribution in [0.15, 0.2) is 29.2 Å². The van der Waals surface area contributed by atoms with Crippen LogP contribution in [0.4, 0.5) is 0 Å². The van der Waals surface area contributed by atoms with E-state index in [1.165, 1.54) is 4.31 Å². The van der Waals surface area contributed by atoms with Crippen LogP contribution in [0.1, 0.15) is 31.2 Å². The molecule has 2 heterocycles. The summed E-state index contributed by atoms with van der Waals surface area (Å²) in [5, 5.41) is 2.86. The van der Waals surface area contributed by atoms with Crippen LogP contribution < -0.4 is 5.32 Å². The van der Waals surface area contributed by atoms with Gasteiger partial charge in [0.05, 0.1) is 11.0 Å². The van der Waals surface area contributed by atoms with Crippen LogP contribution in [0.5, 0.6) is 0 Å². The van der Waals surface area contributed by atoms with E-state index in [4.69, 9.17) is 4.74 Å². The highest BCUT2D eigenvalue weighted by Crippen LogP contribution is 2.26. The molecule has 0 aliphatic carbocycles. The van der Waals surface area contributed by atoms with Crippen LogP contribution in [-0.4, -0.2) is 50.5 Å². The van der Waals surface area contributed by atoms with Gasteiger partial charge in [0.15, 0.2) is 0 Å². The van der Waals surface area contributed by atoms with Crippen LogP contribution in [-0.2, 0) is 19.6 Å². The third-order valence-electron chi connectivity index (χ3n) is 4.66. The number of amides is 1. The molecule has 0 spiro atoms. The van der Waals surface area contributed by atoms with Crippen molar-refractivity contribution < 1.29 is 17.9 Å². The van der Waals surface area contributed by atoms with Gasteiger partial charge in [-0.1, -0.05) is 17.7 Å². The fourth-order valence-electron chi connectivity index (χ4n) is 3.27. The van der Waals surface area contributed by atoms with E-state index >= 15 is 0 Å². The van der Waals surface area contributed by atoms with Crippen LogP contribution in [0.25, 0.3) is 0 Å². The average Bonchev–Trinajstić information content (AvgIpc) is 3.24. The predicted molar refractivity (Wildman–Crippen MR) is 90.1 cm³/mol. The lowest BCUT2D eigenvalue weighted by molar-refractivity contribution is -0.124. The zero-order chi connectivity index (χ0) is 17.2. The van der Waals surface area contributed by atoms with E-state index in [2.05, 4.69) is 5.32 Å². The van der Waals surface area contributed by atoms with Gasteiger partial charge in [-0.25, -0.2) is 8.42 Å². The highest BCUT2D eigenvalue weighted by atomic mass is 32.2. The third kappa shape index (κ3) is 3.63. The molecule has 1 aromatic carbocycles. The van der Waals surface area contributed by atoms with E-state index in [9.17, 15) is 13.2 Å². The van der Waals surface area contributed by atoms with Gasteiger partial charge in [0.25, 0.3) is 0 Å². The maximum absolute atomic E-state index is 12.8. The van der Waals surface area contributed by atoms with E-state index in [0.717, 1.165) is 25.0 Å². The Labute approximate surface area is 143 Å². The lowest BCUT2D eigenvalue weighted by Crippen LogP contribution is -2.47. The molecule has 1 aromatic rings. The largest absolute Gasteiger partial charge is 0.376 e. The molecule has 132 valence electrons. The summed E-state index contributed by atoms with van der Waals surface area (Å²) >= 11 is 0. The lowest BCUT2D eigenvalue weighted by Gasteiger charge is -2.24. The van der Waals surface area contributed by atoms with Crippen molar-refractivity contribution in [1.29, 1.82) is 0 Å². The van der Waals surface area contributed by atoms with E-state index in [1.807, 2.05) is 6.92 Å². The van der Waals surface area contributed by atoms with Gasteiger partial charge in [0, 0.05) is 19.7 Å². The van der Waals surface area contributed by atoms with E-state index in [1.54, 1.807) is 24.3 Å². The second-order valence-corrected chi connectivity index (χ2v) is 8.36. The first-order valence-electron chi connectivity index (χ1n) is 8.46. The van der Waals surface area contributed by atoms with Crippen molar-refractivity contribution >= 4 is 15.9 Å². The first-order chi connectivity index (χ1) is 11.5. The fraction of sp³-hybridized carbons (Fsp3) is 0.588. The van der Waals surface area contributed by atoms with Crippen molar-refractivity contribution in [2.75, 3.05) is 19.7 Å². The Morgan fingerprint density at radius 1 is 1.25 bits per heavy atom. The minimum atomic E-state index is -3.65. The summed E-state index contributed by atoms with van der Waals surface area (Å²) in [4.78, 5) is 12.7. The van der Waals surface area contributed by atoms with Crippen molar-refractivity contribution in [3.05, 3.63) is 29.8 Å². The summed E-state index contributed by atoms with van der Waals surface area (Å²) in [5.74, 6) is -0.223. The van der Waals surface area contributed by atoms with Gasteiger partial charge < -0.3 is 10.1 Å². The molecule has 0 radical (unpaired) electrons. The van der Waals surface area contributed by atoms with Crippen molar-refractivity contribution in [3.63, 3.8) is 0 Å². The van der Waals surface area contributed by atoms with Gasteiger partial charge in [-0.3, -0.25) is 4.79 Å². The molecule has 0 saturated carbocycles. The predicted octanol–water partition coefficient (Wildman–Crippen LogP) is 1.44.